The molecule has 0 N–H and O–H groups in total. The zero-order chi connectivity index (χ0) is 11.3. The maximum Gasteiger partial charge on any atom is 0.150 e. The van der Waals surface area contributed by atoms with Crippen LogP contribution in [0.3, 0.4) is 0 Å². The van der Waals surface area contributed by atoms with Crippen molar-refractivity contribution in [1.29, 1.82) is 0 Å². The van der Waals surface area contributed by atoms with Crippen LogP contribution in [0.5, 0.6) is 0 Å². The molecule has 1 aromatic rings. The van der Waals surface area contributed by atoms with Crippen LogP contribution in [0.1, 0.15) is 15.9 Å². The summed E-state index contributed by atoms with van der Waals surface area (Å²) < 4.78 is 0. The van der Waals surface area contributed by atoms with E-state index in [1.165, 1.54) is 0 Å². The number of aldehydes is 1. The van der Waals surface area contributed by atoms with Crippen molar-refractivity contribution in [2.45, 2.75) is 26.1 Å². The number of rotatable bonds is 4. The Morgan fingerprint density at radius 2 is 1.87 bits per heavy atom. The molecule has 15 heavy (non-hydrogen) atoms. The van der Waals surface area contributed by atoms with Crippen molar-refractivity contribution in [3.05, 3.63) is 47.2 Å². The van der Waals surface area contributed by atoms with Gasteiger partial charge in [-0.1, -0.05) is 55.7 Å². The molecule has 0 amide bonds. The third kappa shape index (κ3) is 4.26. The highest BCUT2D eigenvalue weighted by molar-refractivity contribution is 6.80. The predicted molar refractivity (Wildman–Crippen MR) is 68.0 cm³/mol. The molecule has 0 aliphatic heterocycles. The van der Waals surface area contributed by atoms with Crippen LogP contribution in [0.2, 0.25) is 19.6 Å². The van der Waals surface area contributed by atoms with Crippen LogP contribution < -0.4 is 0 Å². The fourth-order valence-corrected chi connectivity index (χ4v) is 2.20. The van der Waals surface area contributed by atoms with E-state index < -0.39 is 8.07 Å². The first kappa shape index (κ1) is 11.9. The topological polar surface area (TPSA) is 17.1 Å². The molecule has 0 aromatic heterocycles. The molecule has 0 fully saturated rings. The average molecular weight is 218 g/mol. The van der Waals surface area contributed by atoms with Crippen LogP contribution in [0.15, 0.2) is 36.0 Å². The van der Waals surface area contributed by atoms with Crippen molar-refractivity contribution in [3.63, 3.8) is 0 Å². The third-order valence-corrected chi connectivity index (χ3v) is 3.37. The highest BCUT2D eigenvalue weighted by Gasteiger charge is 2.06. The van der Waals surface area contributed by atoms with E-state index in [0.717, 1.165) is 23.8 Å². The number of benzene rings is 1. The predicted octanol–water partition coefficient (Wildman–Crippen LogP) is 3.48. The van der Waals surface area contributed by atoms with Gasteiger partial charge < -0.3 is 0 Å². The maximum atomic E-state index is 10.8. The van der Waals surface area contributed by atoms with Gasteiger partial charge in [-0.3, -0.25) is 4.79 Å². The van der Waals surface area contributed by atoms with Crippen LogP contribution in [0.4, 0.5) is 0 Å². The Labute approximate surface area is 92.8 Å². The van der Waals surface area contributed by atoms with Crippen molar-refractivity contribution in [2.75, 3.05) is 0 Å². The van der Waals surface area contributed by atoms with E-state index in [9.17, 15) is 4.79 Å². The molecule has 1 aromatic carbocycles. The van der Waals surface area contributed by atoms with Gasteiger partial charge in [0, 0.05) is 5.56 Å². The highest BCUT2D eigenvalue weighted by Crippen LogP contribution is 2.09. The van der Waals surface area contributed by atoms with Gasteiger partial charge in [-0.2, -0.15) is 0 Å². The summed E-state index contributed by atoms with van der Waals surface area (Å²) >= 11 is 0. The van der Waals surface area contributed by atoms with Crippen molar-refractivity contribution >= 4 is 14.4 Å². The molecule has 0 atom stereocenters. The summed E-state index contributed by atoms with van der Waals surface area (Å²) in [6, 6.07) is 7.75. The summed E-state index contributed by atoms with van der Waals surface area (Å²) in [6.07, 6.45) is 3.98. The minimum atomic E-state index is -1.11. The molecule has 0 heterocycles. The van der Waals surface area contributed by atoms with E-state index in [0.29, 0.717) is 0 Å². The largest absolute Gasteiger partial charge is 0.298 e. The molecule has 0 aliphatic rings. The molecule has 1 nitrogen and oxygen atoms in total. The molecule has 0 aliphatic carbocycles. The summed E-state index contributed by atoms with van der Waals surface area (Å²) in [5.74, 6) is 0. The molecule has 0 bridgehead atoms. The quantitative estimate of drug-likeness (QED) is 0.558. The second kappa shape index (κ2) is 5.08. The Balaban J connectivity index is 2.73. The van der Waals surface area contributed by atoms with Gasteiger partial charge in [-0.05, 0) is 12.0 Å². The van der Waals surface area contributed by atoms with Gasteiger partial charge in [0.2, 0.25) is 0 Å². The van der Waals surface area contributed by atoms with Crippen LogP contribution in [0.25, 0.3) is 0 Å². The van der Waals surface area contributed by atoms with Crippen molar-refractivity contribution < 1.29 is 4.79 Å². The number of carbonyl (C=O) groups excluding carboxylic acids is 1. The van der Waals surface area contributed by atoms with E-state index in [1.54, 1.807) is 0 Å². The second-order valence-corrected chi connectivity index (χ2v) is 9.85. The summed E-state index contributed by atoms with van der Waals surface area (Å²) in [4.78, 5) is 10.8. The smallest absolute Gasteiger partial charge is 0.150 e. The van der Waals surface area contributed by atoms with Crippen LogP contribution >= 0.6 is 0 Å². The molecular formula is C13H18OSi. The van der Waals surface area contributed by atoms with E-state index in [1.807, 2.05) is 24.3 Å². The summed E-state index contributed by atoms with van der Waals surface area (Å²) in [5, 5.41) is 0. The Kier molecular flexibility index (Phi) is 4.03. The van der Waals surface area contributed by atoms with Gasteiger partial charge >= 0.3 is 0 Å². The van der Waals surface area contributed by atoms with Gasteiger partial charge in [0.25, 0.3) is 0 Å². The Bertz CT molecular complexity index is 361. The van der Waals surface area contributed by atoms with Crippen molar-refractivity contribution in [1.82, 2.24) is 0 Å². The Morgan fingerprint density at radius 3 is 2.47 bits per heavy atom. The SMILES string of the molecule is C[Si](C)(C)/C=C/Cc1ccccc1C=O. The lowest BCUT2D eigenvalue weighted by Gasteiger charge is -2.08. The lowest BCUT2D eigenvalue weighted by atomic mass is 10.1. The van der Waals surface area contributed by atoms with Gasteiger partial charge in [-0.15, -0.1) is 0 Å². The van der Waals surface area contributed by atoms with Gasteiger partial charge in [0.1, 0.15) is 6.29 Å². The summed E-state index contributed by atoms with van der Waals surface area (Å²) in [6.45, 7) is 6.90. The molecule has 0 radical (unpaired) electrons. The second-order valence-electron chi connectivity index (χ2n) is 4.79. The fraction of sp³-hybridized carbons (Fsp3) is 0.308. The third-order valence-electron chi connectivity index (χ3n) is 2.14. The van der Waals surface area contributed by atoms with E-state index >= 15 is 0 Å². The highest BCUT2D eigenvalue weighted by atomic mass is 28.3. The number of carbonyl (C=O) groups is 1. The molecule has 0 unspecified atom stereocenters. The lowest BCUT2D eigenvalue weighted by Crippen LogP contribution is -2.15. The van der Waals surface area contributed by atoms with Crippen molar-refractivity contribution in [2.24, 2.45) is 0 Å². The number of allylic oxidation sites excluding steroid dienone is 1. The minimum Gasteiger partial charge on any atom is -0.298 e. The first-order valence-electron chi connectivity index (χ1n) is 5.24. The molecule has 0 saturated heterocycles. The standard InChI is InChI=1S/C13H18OSi/c1-15(2,3)10-6-9-12-7-4-5-8-13(12)11-14/h4-8,10-11H,9H2,1-3H3/b10-6+. The van der Waals surface area contributed by atoms with E-state index in [-0.39, 0.29) is 0 Å². The maximum absolute atomic E-state index is 10.8. The molecule has 1 rings (SSSR count). The number of hydrogen-bond acceptors (Lipinski definition) is 1. The summed E-state index contributed by atoms with van der Waals surface area (Å²) in [7, 11) is -1.11. The lowest BCUT2D eigenvalue weighted by molar-refractivity contribution is 0.112. The minimum absolute atomic E-state index is 0.803. The van der Waals surface area contributed by atoms with Crippen LogP contribution in [-0.4, -0.2) is 14.4 Å². The van der Waals surface area contributed by atoms with Gasteiger partial charge in [0.05, 0.1) is 8.07 Å². The zero-order valence-electron chi connectivity index (χ0n) is 9.66. The Morgan fingerprint density at radius 1 is 1.20 bits per heavy atom. The van der Waals surface area contributed by atoms with Gasteiger partial charge in [-0.25, -0.2) is 0 Å². The number of hydrogen-bond donors (Lipinski definition) is 0. The molecule has 2 heteroatoms. The zero-order valence-corrected chi connectivity index (χ0v) is 10.7. The van der Waals surface area contributed by atoms with Crippen LogP contribution in [0, 0.1) is 0 Å². The fourth-order valence-electron chi connectivity index (χ4n) is 1.37. The first-order chi connectivity index (χ1) is 7.03. The summed E-state index contributed by atoms with van der Waals surface area (Å²) in [5.41, 5.74) is 4.23. The van der Waals surface area contributed by atoms with E-state index in [4.69, 9.17) is 0 Å². The molecular weight excluding hydrogens is 200 g/mol. The molecule has 0 spiro atoms. The Hall–Kier alpha value is -1.15. The van der Waals surface area contributed by atoms with E-state index in [2.05, 4.69) is 31.4 Å². The first-order valence-corrected chi connectivity index (χ1v) is 8.81. The molecule has 80 valence electrons. The van der Waals surface area contributed by atoms with Gasteiger partial charge in [0.15, 0.2) is 0 Å². The van der Waals surface area contributed by atoms with Crippen molar-refractivity contribution in [3.8, 4) is 0 Å². The monoisotopic (exact) mass is 218 g/mol. The molecule has 0 saturated carbocycles. The average Bonchev–Trinajstić information content (AvgIpc) is 2.16. The van der Waals surface area contributed by atoms with Crippen LogP contribution in [-0.2, 0) is 6.42 Å². The normalized spacial score (nSPS) is 11.9.